The molecule has 2 atom stereocenters. The van der Waals surface area contributed by atoms with Gasteiger partial charge in [-0.1, -0.05) is 67.6 Å². The lowest BCUT2D eigenvalue weighted by atomic mass is 10.0. The number of rotatable bonds is 13. The van der Waals surface area contributed by atoms with Crippen LogP contribution in [0.25, 0.3) is 0 Å². The quantitative estimate of drug-likeness (QED) is 0.354. The second kappa shape index (κ2) is 14.5. The summed E-state index contributed by atoms with van der Waals surface area (Å²) < 4.78 is 31.3. The molecule has 2 aromatic carbocycles. The number of Topliss-reactive ketones (excluding diaryl/α,β-unsaturated/α-hetero) is 1. The minimum Gasteiger partial charge on any atom is -0.378 e. The van der Waals surface area contributed by atoms with Crippen molar-refractivity contribution in [3.8, 4) is 0 Å². The number of sulfone groups is 1. The maximum atomic E-state index is 13.3. The van der Waals surface area contributed by atoms with Crippen molar-refractivity contribution < 1.29 is 32.3 Å². The first-order chi connectivity index (χ1) is 18.7. The van der Waals surface area contributed by atoms with E-state index in [0.717, 1.165) is 5.56 Å². The zero-order chi connectivity index (χ0) is 28.3. The molecule has 210 valence electrons. The molecule has 3 amide bonds. The predicted molar refractivity (Wildman–Crippen MR) is 145 cm³/mol. The van der Waals surface area contributed by atoms with Crippen LogP contribution < -0.4 is 10.6 Å². The molecule has 1 heterocycles. The van der Waals surface area contributed by atoms with Crippen LogP contribution >= 0.6 is 0 Å². The highest BCUT2D eigenvalue weighted by Gasteiger charge is 2.33. The smallest absolute Gasteiger partial charge is 0.289 e. The van der Waals surface area contributed by atoms with Crippen LogP contribution in [0.15, 0.2) is 60.7 Å². The number of morpholine rings is 1. The minimum absolute atomic E-state index is 0.115. The molecule has 11 heteroatoms. The Morgan fingerprint density at radius 2 is 1.51 bits per heavy atom. The van der Waals surface area contributed by atoms with Gasteiger partial charge in [-0.25, -0.2) is 8.42 Å². The third kappa shape index (κ3) is 9.60. The maximum absolute atomic E-state index is 13.3. The van der Waals surface area contributed by atoms with Crippen molar-refractivity contribution in [3.63, 3.8) is 0 Å². The molecule has 0 aromatic heterocycles. The van der Waals surface area contributed by atoms with Crippen LogP contribution in [-0.2, 0) is 46.0 Å². The highest BCUT2D eigenvalue weighted by Crippen LogP contribution is 2.16. The van der Waals surface area contributed by atoms with Gasteiger partial charge in [-0.2, -0.15) is 0 Å². The van der Waals surface area contributed by atoms with E-state index in [1.54, 1.807) is 49.4 Å². The first-order valence-corrected chi connectivity index (χ1v) is 14.8. The molecule has 0 bridgehead atoms. The summed E-state index contributed by atoms with van der Waals surface area (Å²) in [5.41, 5.74) is 1.37. The molecule has 1 unspecified atom stereocenters. The van der Waals surface area contributed by atoms with Crippen molar-refractivity contribution in [1.29, 1.82) is 0 Å². The summed E-state index contributed by atoms with van der Waals surface area (Å²) in [5, 5.41) is 5.08. The fourth-order valence-corrected chi connectivity index (χ4v) is 5.94. The van der Waals surface area contributed by atoms with Crippen molar-refractivity contribution in [2.75, 3.05) is 32.1 Å². The van der Waals surface area contributed by atoms with Crippen molar-refractivity contribution in [2.24, 2.45) is 5.92 Å². The molecule has 1 saturated heterocycles. The van der Waals surface area contributed by atoms with Crippen molar-refractivity contribution >= 4 is 33.3 Å². The van der Waals surface area contributed by atoms with Gasteiger partial charge in [-0.05, 0) is 17.5 Å². The molecule has 10 nitrogen and oxygen atoms in total. The Morgan fingerprint density at radius 3 is 2.10 bits per heavy atom. The van der Waals surface area contributed by atoms with Crippen LogP contribution in [0.4, 0.5) is 0 Å². The number of ether oxygens (including phenoxy) is 1. The van der Waals surface area contributed by atoms with E-state index in [2.05, 4.69) is 10.6 Å². The zero-order valence-corrected chi connectivity index (χ0v) is 22.8. The van der Waals surface area contributed by atoms with Gasteiger partial charge in [-0.3, -0.25) is 19.2 Å². The van der Waals surface area contributed by atoms with Gasteiger partial charge in [0, 0.05) is 26.1 Å². The molecule has 2 N–H and O–H groups in total. The third-order valence-electron chi connectivity index (χ3n) is 6.40. The number of ketones is 1. The van der Waals surface area contributed by atoms with Gasteiger partial charge >= 0.3 is 0 Å². The van der Waals surface area contributed by atoms with E-state index in [1.165, 1.54) is 4.90 Å². The molecule has 0 radical (unpaired) electrons. The second-order valence-electron chi connectivity index (χ2n) is 9.44. The van der Waals surface area contributed by atoms with E-state index in [1.807, 2.05) is 18.2 Å². The van der Waals surface area contributed by atoms with Crippen molar-refractivity contribution in [3.05, 3.63) is 71.8 Å². The van der Waals surface area contributed by atoms with E-state index in [-0.39, 0.29) is 31.0 Å². The van der Waals surface area contributed by atoms with Gasteiger partial charge in [0.2, 0.25) is 17.6 Å². The summed E-state index contributed by atoms with van der Waals surface area (Å²) in [5.74, 6) is -4.92. The van der Waals surface area contributed by atoms with Crippen molar-refractivity contribution in [2.45, 2.75) is 38.1 Å². The van der Waals surface area contributed by atoms with Gasteiger partial charge in [0.15, 0.2) is 9.84 Å². The topological polar surface area (TPSA) is 139 Å². The zero-order valence-electron chi connectivity index (χ0n) is 22.0. The molecule has 0 saturated carbocycles. The van der Waals surface area contributed by atoms with E-state index in [9.17, 15) is 27.6 Å². The van der Waals surface area contributed by atoms with Crippen LogP contribution in [0.5, 0.6) is 0 Å². The number of amides is 3. The largest absolute Gasteiger partial charge is 0.378 e. The first kappa shape index (κ1) is 30.0. The van der Waals surface area contributed by atoms with Crippen LogP contribution in [0.3, 0.4) is 0 Å². The molecule has 1 fully saturated rings. The maximum Gasteiger partial charge on any atom is 0.289 e. The second-order valence-corrected chi connectivity index (χ2v) is 11.5. The Hall–Kier alpha value is -3.57. The normalized spacial score (nSPS) is 15.2. The van der Waals surface area contributed by atoms with E-state index >= 15 is 0 Å². The van der Waals surface area contributed by atoms with Gasteiger partial charge in [-0.15, -0.1) is 0 Å². The highest BCUT2D eigenvalue weighted by molar-refractivity contribution is 7.90. The van der Waals surface area contributed by atoms with Crippen LogP contribution in [-0.4, -0.2) is 74.9 Å². The van der Waals surface area contributed by atoms with Crippen LogP contribution in [0.1, 0.15) is 30.9 Å². The molecular formula is C28H35N3O7S. The predicted octanol–water partition coefficient (Wildman–Crippen LogP) is 1.25. The molecule has 0 spiro atoms. The molecule has 1 aliphatic rings. The van der Waals surface area contributed by atoms with Crippen molar-refractivity contribution in [1.82, 2.24) is 15.5 Å². The van der Waals surface area contributed by atoms with Gasteiger partial charge < -0.3 is 20.3 Å². The lowest BCUT2D eigenvalue weighted by Gasteiger charge is -2.28. The molecule has 3 rings (SSSR count). The Balaban J connectivity index is 1.70. The summed E-state index contributed by atoms with van der Waals surface area (Å²) >= 11 is 0. The number of nitrogens with zero attached hydrogens (tertiary/aromatic N) is 1. The average Bonchev–Trinajstić information content (AvgIpc) is 2.94. The van der Waals surface area contributed by atoms with Gasteiger partial charge in [0.05, 0.1) is 36.7 Å². The molecule has 1 aliphatic heterocycles. The van der Waals surface area contributed by atoms with Gasteiger partial charge in [0.25, 0.3) is 5.91 Å². The lowest BCUT2D eigenvalue weighted by molar-refractivity contribution is -0.141. The molecular weight excluding hydrogens is 522 g/mol. The third-order valence-corrected chi connectivity index (χ3v) is 8.08. The van der Waals surface area contributed by atoms with Gasteiger partial charge in [0.1, 0.15) is 0 Å². The summed E-state index contributed by atoms with van der Waals surface area (Å²) in [6.45, 7) is 3.19. The molecule has 2 aromatic rings. The Morgan fingerprint density at radius 1 is 0.923 bits per heavy atom. The van der Waals surface area contributed by atoms with E-state index in [0.29, 0.717) is 31.9 Å². The fraction of sp³-hybridized carbons (Fsp3) is 0.429. The number of hydrogen-bond acceptors (Lipinski definition) is 7. The number of benzene rings is 2. The van der Waals surface area contributed by atoms with E-state index < -0.39 is 45.1 Å². The highest BCUT2D eigenvalue weighted by atomic mass is 32.2. The monoisotopic (exact) mass is 557 g/mol. The summed E-state index contributed by atoms with van der Waals surface area (Å²) in [6, 6.07) is 16.4. The summed E-state index contributed by atoms with van der Waals surface area (Å²) in [6.07, 6.45) is -0.227. The molecule has 39 heavy (non-hydrogen) atoms. The SMILES string of the molecule is CC[C@H](NC(=O)C(CC(=O)N1CCOCC1)CS(=O)(=O)Cc1ccccc1)C(=O)C(=O)NCc1ccccc1. The lowest BCUT2D eigenvalue weighted by Crippen LogP contribution is -2.50. The minimum atomic E-state index is -3.79. The number of carbonyl (C=O) groups is 4. The number of hydrogen-bond donors (Lipinski definition) is 2. The Bertz CT molecular complexity index is 1230. The standard InChI is InChI=1S/C28H35N3O7S/c1-2-24(26(33)28(35)29-18-21-9-5-3-6-10-21)30-27(34)23(17-25(32)31-13-15-38-16-14-31)20-39(36,37)19-22-11-7-4-8-12-22/h3-12,23-24H,2,13-20H2,1H3,(H,29,35)(H,30,34)/t23?,24-/m0/s1. The first-order valence-electron chi connectivity index (χ1n) is 12.9. The number of carbonyl (C=O) groups excluding carboxylic acids is 4. The Labute approximate surface area is 229 Å². The van der Waals surface area contributed by atoms with E-state index in [4.69, 9.17) is 4.74 Å². The number of nitrogens with one attached hydrogen (secondary N) is 2. The molecule has 0 aliphatic carbocycles. The average molecular weight is 558 g/mol. The van der Waals surface area contributed by atoms with Crippen LogP contribution in [0.2, 0.25) is 0 Å². The van der Waals surface area contributed by atoms with Crippen LogP contribution in [0, 0.1) is 5.92 Å². The summed E-state index contributed by atoms with van der Waals surface area (Å²) in [4.78, 5) is 53.1. The fourth-order valence-electron chi connectivity index (χ4n) is 4.24. The summed E-state index contributed by atoms with van der Waals surface area (Å²) in [7, 11) is -3.79. The Kier molecular flexibility index (Phi) is 11.2.